The zero-order chi connectivity index (χ0) is 99.2. The van der Waals surface area contributed by atoms with Crippen molar-refractivity contribution in [2.75, 3.05) is 0 Å². The van der Waals surface area contributed by atoms with Gasteiger partial charge in [-0.2, -0.15) is 0 Å². The lowest BCUT2D eigenvalue weighted by molar-refractivity contribution is 1.34. The third-order valence-electron chi connectivity index (χ3n) is 27.1. The predicted molar refractivity (Wildman–Crippen MR) is 623 cm³/mol. The second-order valence-corrected chi connectivity index (χ2v) is 38.5. The Bertz CT molecular complexity index is 8210. The van der Waals surface area contributed by atoms with Gasteiger partial charge in [0.05, 0.1) is 0 Å². The van der Waals surface area contributed by atoms with E-state index in [1.807, 2.05) is 0 Å². The number of rotatable bonds is 0. The van der Waals surface area contributed by atoms with Crippen molar-refractivity contribution in [3.8, 4) is 0 Å². The van der Waals surface area contributed by atoms with Crippen LogP contribution in [0.25, 0.3) is 140 Å². The zero-order valence-corrected chi connectivity index (χ0v) is 86.4. The molecular formula is C140H136. The van der Waals surface area contributed by atoms with Crippen molar-refractivity contribution >= 4 is 140 Å². The van der Waals surface area contributed by atoms with E-state index in [9.17, 15) is 0 Å². The highest BCUT2D eigenvalue weighted by Gasteiger charge is 2.10. The van der Waals surface area contributed by atoms with Crippen LogP contribution >= 0.6 is 0 Å². The Balaban J connectivity index is 0.000000124. The first-order chi connectivity index (χ1) is 67.5. The Hall–Kier alpha value is -15.3. The van der Waals surface area contributed by atoms with Crippen LogP contribution in [0, 0.1) is 152 Å². The molecule has 0 radical (unpaired) electrons. The molecule has 0 heterocycles. The normalized spacial score (nSPS) is 10.6. The summed E-state index contributed by atoms with van der Waals surface area (Å²) in [5, 5.41) is 35.2. The highest BCUT2D eigenvalue weighted by molar-refractivity contribution is 6.13. The average Bonchev–Trinajstić information content (AvgIpc) is 0.784. The van der Waals surface area contributed by atoms with E-state index < -0.39 is 0 Å². The Labute approximate surface area is 833 Å². The molecule has 0 saturated carbocycles. The smallest absolute Gasteiger partial charge is 0.0103 e. The molecule has 0 fully saturated rings. The Morgan fingerprint density at radius 1 is 0.0929 bits per heavy atom. The molecular weight excluding hydrogens is 1680 g/mol. The monoisotopic (exact) mass is 1820 g/mol. The lowest BCUT2D eigenvalue weighted by Gasteiger charge is -2.08. The Morgan fingerprint density at radius 2 is 0.329 bits per heavy atom. The van der Waals surface area contributed by atoms with E-state index in [1.165, 1.54) is 262 Å². The van der Waals surface area contributed by atoms with Crippen LogP contribution in [-0.4, -0.2) is 0 Å². The van der Waals surface area contributed by atoms with Gasteiger partial charge in [0.1, 0.15) is 0 Å². The summed E-state index contributed by atoms with van der Waals surface area (Å²) in [5.74, 6) is 0. The number of aryl methyl sites for hydroxylation is 22. The summed E-state index contributed by atoms with van der Waals surface area (Å²) in [4.78, 5) is 0. The molecule has 0 saturated heterocycles. The van der Waals surface area contributed by atoms with E-state index in [2.05, 4.69) is 577 Å². The number of hydrogen-bond acceptors (Lipinski definition) is 0. The van der Waals surface area contributed by atoms with Crippen molar-refractivity contribution in [1.29, 1.82) is 0 Å². The summed E-state index contributed by atoms with van der Waals surface area (Å²) in [6.07, 6.45) is 0. The fourth-order valence-electron chi connectivity index (χ4n) is 18.9. The molecule has 0 spiro atoms. The largest absolute Gasteiger partial charge is 0.0620 e. The maximum absolute atomic E-state index is 2.28. The van der Waals surface area contributed by atoms with Crippen molar-refractivity contribution in [1.82, 2.24) is 0 Å². The Kier molecular flexibility index (Phi) is 33.9. The maximum atomic E-state index is 2.28. The first-order valence-corrected chi connectivity index (χ1v) is 49.4. The van der Waals surface area contributed by atoms with Gasteiger partial charge in [-0.1, -0.05) is 480 Å². The summed E-state index contributed by atoms with van der Waals surface area (Å²) in [5.41, 5.74) is 29.6. The second kappa shape index (κ2) is 47.1. The lowest BCUT2D eigenvalue weighted by Crippen LogP contribution is -1.84. The SMILES string of the molecule is Cc1ccc(C)cc1.Cc1ccc2c(c1)c(C)cc1ccccc12.Cc1ccc2c(c1)cc(C)c1ccccc12.Cc1ccc2c(ccc3c(C)cccc32)c1.Cc1ccc2c(ccc3cc(C)ccc32)c1.Cc1ccc2c(ccc3ccccc32)c1C.Cc1ccc2cccc(C)c2c1.Cc1cccc(C)c1.Cc1cccc2c(C)cccc12.Cc1cccc2cccc(C)c12.Cc1ccccc1C. The fraction of sp³-hybridized carbons (Fsp3) is 0.157. The van der Waals surface area contributed by atoms with Gasteiger partial charge in [0, 0.05) is 0 Å². The third-order valence-corrected chi connectivity index (χ3v) is 27.1. The van der Waals surface area contributed by atoms with Gasteiger partial charge in [0.15, 0.2) is 0 Å². The number of hydrogen-bond donors (Lipinski definition) is 0. The molecule has 0 aliphatic heterocycles. The first kappa shape index (κ1) is 101. The van der Waals surface area contributed by atoms with E-state index in [1.54, 1.807) is 0 Å². The summed E-state index contributed by atoms with van der Waals surface area (Å²) in [6.45, 7) is 47.2. The van der Waals surface area contributed by atoms with Gasteiger partial charge in [0.25, 0.3) is 0 Å². The summed E-state index contributed by atoms with van der Waals surface area (Å²) >= 11 is 0. The summed E-state index contributed by atoms with van der Waals surface area (Å²) in [7, 11) is 0. The van der Waals surface area contributed by atoms with Crippen molar-refractivity contribution in [2.45, 2.75) is 152 Å². The van der Waals surface area contributed by atoms with Crippen molar-refractivity contribution in [3.63, 3.8) is 0 Å². The first-order valence-electron chi connectivity index (χ1n) is 49.4. The second-order valence-electron chi connectivity index (χ2n) is 38.5. The van der Waals surface area contributed by atoms with E-state index in [4.69, 9.17) is 0 Å². The summed E-state index contributed by atoms with van der Waals surface area (Å²) in [6, 6.07) is 152. The topological polar surface area (TPSA) is 0 Å². The molecule has 0 aliphatic carbocycles. The van der Waals surface area contributed by atoms with E-state index in [-0.39, 0.29) is 0 Å². The van der Waals surface area contributed by atoms with Crippen LogP contribution < -0.4 is 0 Å². The van der Waals surface area contributed by atoms with Crippen LogP contribution in [-0.2, 0) is 0 Å². The number of benzene rings is 24. The van der Waals surface area contributed by atoms with Crippen molar-refractivity contribution in [3.05, 3.63) is 547 Å². The van der Waals surface area contributed by atoms with Crippen molar-refractivity contribution < 1.29 is 0 Å². The highest BCUT2D eigenvalue weighted by Crippen LogP contribution is 2.35. The van der Waals surface area contributed by atoms with Crippen LogP contribution in [0.4, 0.5) is 0 Å². The zero-order valence-electron chi connectivity index (χ0n) is 86.4. The molecule has 0 aromatic heterocycles. The Morgan fingerprint density at radius 3 is 0.814 bits per heavy atom. The maximum Gasteiger partial charge on any atom is -0.0103 e. The molecule has 0 aliphatic rings. The van der Waals surface area contributed by atoms with Crippen molar-refractivity contribution in [2.24, 2.45) is 0 Å². The van der Waals surface area contributed by atoms with E-state index in [0.717, 1.165) is 0 Å². The van der Waals surface area contributed by atoms with Gasteiger partial charge in [-0.05, 0) is 359 Å². The predicted octanol–water partition coefficient (Wildman–Crippen LogP) is 40.3. The molecule has 0 N–H and O–H groups in total. The highest BCUT2D eigenvalue weighted by atomic mass is 14.1. The van der Waals surface area contributed by atoms with Crippen LogP contribution in [0.3, 0.4) is 0 Å². The van der Waals surface area contributed by atoms with Gasteiger partial charge in [-0.25, -0.2) is 0 Å². The quantitative estimate of drug-likeness (QED) is 0.133. The molecule has 0 unspecified atom stereocenters. The molecule has 0 amide bonds. The van der Waals surface area contributed by atoms with Gasteiger partial charge in [-0.15, -0.1) is 0 Å². The van der Waals surface area contributed by atoms with Gasteiger partial charge >= 0.3 is 0 Å². The van der Waals surface area contributed by atoms with Crippen LogP contribution in [0.2, 0.25) is 0 Å². The van der Waals surface area contributed by atoms with Gasteiger partial charge in [-0.3, -0.25) is 0 Å². The molecule has 0 atom stereocenters. The van der Waals surface area contributed by atoms with Crippen LogP contribution in [0.1, 0.15) is 122 Å². The standard InChI is InChI=1S/5C16H14.3C12H12.3C8H10/c1-11-3-7-15-13(9-11)5-6-14-10-12(2)4-8-16(14)15;1-11-6-8-15-13(10-11)7-9-14-12(2)4-3-5-16(14)15;1-11-7-9-16-14(12(11)2)10-8-13-5-3-4-6-15(13)16;1-11-7-8-15-13(9-11)10-12(2)14-5-3-4-6-16(14)15;1-11-7-8-15-14-6-4-3-5-13(14)10-12(2)16(15)9-11;1-9-5-3-8-12-10(2)6-4-7-11(9)12;1-9-5-3-7-11-8-4-6-10(2)12(9)11;1-9-6-7-11-5-3-4-10(2)12(11)8-9;1-7-3-5-8(2)6-4-7;1-7-4-3-5-8(2)6-7;1-7-5-3-4-6-8(7)2/h5*3-10H,1-2H3;3*3-8H,1-2H3;3*3-6H,1-2H3. The van der Waals surface area contributed by atoms with E-state index >= 15 is 0 Å². The molecule has 24 rings (SSSR count). The molecule has 0 heteroatoms. The summed E-state index contributed by atoms with van der Waals surface area (Å²) < 4.78 is 0. The molecule has 24 aromatic carbocycles. The molecule has 24 aromatic rings. The minimum absolute atomic E-state index is 1.32. The van der Waals surface area contributed by atoms with Crippen LogP contribution in [0.15, 0.2) is 425 Å². The van der Waals surface area contributed by atoms with Crippen LogP contribution in [0.5, 0.6) is 0 Å². The fourth-order valence-corrected chi connectivity index (χ4v) is 18.9. The average molecular weight is 1820 g/mol. The van der Waals surface area contributed by atoms with Gasteiger partial charge in [0.2, 0.25) is 0 Å². The molecule has 0 bridgehead atoms. The third kappa shape index (κ3) is 25.5. The minimum atomic E-state index is 1.32. The van der Waals surface area contributed by atoms with E-state index in [0.29, 0.717) is 0 Å². The minimum Gasteiger partial charge on any atom is -0.0620 e. The lowest BCUT2D eigenvalue weighted by atomic mass is 9.96. The molecule has 140 heavy (non-hydrogen) atoms. The molecule has 0 nitrogen and oxygen atoms in total. The molecule has 696 valence electrons. The number of fused-ring (bicyclic) bond motifs is 18. The van der Waals surface area contributed by atoms with Gasteiger partial charge < -0.3 is 0 Å².